The number of hydrogen-bond acceptors (Lipinski definition) is 3. The van der Waals surface area contributed by atoms with Crippen molar-refractivity contribution in [3.05, 3.63) is 28.2 Å². The maximum atomic E-state index is 11.1. The molecule has 0 heterocycles. The van der Waals surface area contributed by atoms with Gasteiger partial charge in [0.05, 0.1) is 13.2 Å². The summed E-state index contributed by atoms with van der Waals surface area (Å²) in [6.45, 7) is 2.83. The monoisotopic (exact) mass is 304 g/mol. The molecule has 0 aliphatic carbocycles. The first-order chi connectivity index (χ1) is 9.11. The third-order valence-corrected chi connectivity index (χ3v) is 2.87. The van der Waals surface area contributed by atoms with E-state index in [9.17, 15) is 4.79 Å². The summed E-state index contributed by atoms with van der Waals surface area (Å²) in [7, 11) is 0. The van der Waals surface area contributed by atoms with Crippen molar-refractivity contribution >= 4 is 29.2 Å². The highest BCUT2D eigenvalue weighted by atomic mass is 35.5. The van der Waals surface area contributed by atoms with Crippen molar-refractivity contribution in [3.63, 3.8) is 0 Å². The zero-order valence-electron chi connectivity index (χ0n) is 11.0. The summed E-state index contributed by atoms with van der Waals surface area (Å²) in [4.78, 5) is 11.1. The van der Waals surface area contributed by atoms with E-state index in [2.05, 4.69) is 0 Å². The molecular formula is C14H18Cl2O3. The van der Waals surface area contributed by atoms with Crippen molar-refractivity contribution in [1.82, 2.24) is 0 Å². The predicted molar refractivity (Wildman–Crippen MR) is 77.1 cm³/mol. The summed E-state index contributed by atoms with van der Waals surface area (Å²) in [5.74, 6) is 0.535. The highest BCUT2D eigenvalue weighted by Crippen LogP contribution is 2.24. The van der Waals surface area contributed by atoms with E-state index in [1.54, 1.807) is 18.2 Å². The van der Waals surface area contributed by atoms with Gasteiger partial charge in [0.15, 0.2) is 0 Å². The molecule has 0 amide bonds. The number of esters is 1. The average molecular weight is 305 g/mol. The van der Waals surface area contributed by atoms with Crippen LogP contribution in [0.25, 0.3) is 0 Å². The van der Waals surface area contributed by atoms with Crippen LogP contribution in [0.15, 0.2) is 18.2 Å². The number of rotatable bonds is 8. The lowest BCUT2D eigenvalue weighted by Gasteiger charge is -2.07. The van der Waals surface area contributed by atoms with Gasteiger partial charge in [-0.3, -0.25) is 4.79 Å². The molecule has 0 atom stereocenters. The Bertz CT molecular complexity index is 387. The highest BCUT2D eigenvalue weighted by Gasteiger charge is 2.02. The van der Waals surface area contributed by atoms with Gasteiger partial charge in [-0.25, -0.2) is 0 Å². The summed E-state index contributed by atoms with van der Waals surface area (Å²) in [6.07, 6.45) is 3.09. The third kappa shape index (κ3) is 7.28. The Labute approximate surface area is 123 Å². The number of ether oxygens (including phenoxy) is 2. The van der Waals surface area contributed by atoms with Crippen molar-refractivity contribution in [3.8, 4) is 5.75 Å². The van der Waals surface area contributed by atoms with Crippen LogP contribution in [0, 0.1) is 0 Å². The van der Waals surface area contributed by atoms with Crippen molar-refractivity contribution in [2.24, 2.45) is 0 Å². The molecule has 5 heteroatoms. The summed E-state index contributed by atoms with van der Waals surface area (Å²) >= 11 is 11.7. The van der Waals surface area contributed by atoms with Gasteiger partial charge in [0, 0.05) is 16.5 Å². The van der Waals surface area contributed by atoms with Gasteiger partial charge >= 0.3 is 5.97 Å². The molecular weight excluding hydrogens is 287 g/mol. The lowest BCUT2D eigenvalue weighted by atomic mass is 10.2. The SMILES string of the molecule is CCOC(=O)CCCCCOc1cc(Cl)cc(Cl)c1. The molecule has 0 N–H and O–H groups in total. The van der Waals surface area contributed by atoms with Crippen molar-refractivity contribution in [1.29, 1.82) is 0 Å². The second kappa shape index (κ2) is 9.05. The quantitative estimate of drug-likeness (QED) is 0.524. The van der Waals surface area contributed by atoms with E-state index < -0.39 is 0 Å². The zero-order chi connectivity index (χ0) is 14.1. The molecule has 3 nitrogen and oxygen atoms in total. The number of unbranched alkanes of at least 4 members (excludes halogenated alkanes) is 2. The van der Waals surface area contributed by atoms with Gasteiger partial charge < -0.3 is 9.47 Å². The van der Waals surface area contributed by atoms with Gasteiger partial charge in [-0.05, 0) is 44.4 Å². The number of halogens is 2. The topological polar surface area (TPSA) is 35.5 Å². The molecule has 0 aliphatic heterocycles. The van der Waals surface area contributed by atoms with E-state index in [0.29, 0.717) is 35.4 Å². The molecule has 19 heavy (non-hydrogen) atoms. The molecule has 0 aliphatic rings. The van der Waals surface area contributed by atoms with Crippen LogP contribution in [-0.2, 0) is 9.53 Å². The molecule has 0 bridgehead atoms. The fraction of sp³-hybridized carbons (Fsp3) is 0.500. The van der Waals surface area contributed by atoms with E-state index >= 15 is 0 Å². The van der Waals surface area contributed by atoms with Crippen LogP contribution in [0.5, 0.6) is 5.75 Å². The van der Waals surface area contributed by atoms with Crippen molar-refractivity contribution < 1.29 is 14.3 Å². The Hall–Kier alpha value is -0.930. The maximum absolute atomic E-state index is 11.1. The van der Waals surface area contributed by atoms with Crippen LogP contribution in [-0.4, -0.2) is 19.2 Å². The second-order valence-corrected chi connectivity index (χ2v) is 4.94. The summed E-state index contributed by atoms with van der Waals surface area (Å²) in [6, 6.07) is 5.12. The third-order valence-electron chi connectivity index (χ3n) is 2.44. The van der Waals surface area contributed by atoms with Crippen LogP contribution >= 0.6 is 23.2 Å². The first kappa shape index (κ1) is 16.1. The van der Waals surface area contributed by atoms with E-state index in [-0.39, 0.29) is 5.97 Å². The fourth-order valence-electron chi connectivity index (χ4n) is 1.58. The minimum Gasteiger partial charge on any atom is -0.493 e. The Balaban J connectivity index is 2.12. The summed E-state index contributed by atoms with van der Waals surface area (Å²) in [5, 5.41) is 1.12. The van der Waals surface area contributed by atoms with Gasteiger partial charge in [-0.2, -0.15) is 0 Å². The number of carbonyl (C=O) groups is 1. The number of benzene rings is 1. The van der Waals surface area contributed by atoms with Gasteiger partial charge in [-0.15, -0.1) is 0 Å². The van der Waals surface area contributed by atoms with Gasteiger partial charge in [0.25, 0.3) is 0 Å². The first-order valence-electron chi connectivity index (χ1n) is 6.36. The lowest BCUT2D eigenvalue weighted by Crippen LogP contribution is -2.04. The van der Waals surface area contributed by atoms with Gasteiger partial charge in [-0.1, -0.05) is 23.2 Å². The Morgan fingerprint density at radius 3 is 2.42 bits per heavy atom. The first-order valence-corrected chi connectivity index (χ1v) is 7.12. The van der Waals surface area contributed by atoms with Gasteiger partial charge in [0.2, 0.25) is 0 Å². The van der Waals surface area contributed by atoms with Crippen molar-refractivity contribution in [2.45, 2.75) is 32.6 Å². The van der Waals surface area contributed by atoms with E-state index in [1.807, 2.05) is 6.92 Å². The number of hydrogen-bond donors (Lipinski definition) is 0. The van der Waals surface area contributed by atoms with E-state index in [1.165, 1.54) is 0 Å². The number of carbonyl (C=O) groups excluding carboxylic acids is 1. The zero-order valence-corrected chi connectivity index (χ0v) is 12.5. The average Bonchev–Trinajstić information content (AvgIpc) is 2.32. The Morgan fingerprint density at radius 1 is 1.11 bits per heavy atom. The molecule has 0 spiro atoms. The Morgan fingerprint density at radius 2 is 1.79 bits per heavy atom. The van der Waals surface area contributed by atoms with E-state index in [4.69, 9.17) is 32.7 Å². The molecule has 0 radical (unpaired) electrons. The van der Waals surface area contributed by atoms with Crippen LogP contribution in [0.2, 0.25) is 10.0 Å². The molecule has 0 saturated carbocycles. The molecule has 0 unspecified atom stereocenters. The van der Waals surface area contributed by atoms with Crippen LogP contribution < -0.4 is 4.74 Å². The fourth-order valence-corrected chi connectivity index (χ4v) is 2.09. The molecule has 0 fully saturated rings. The maximum Gasteiger partial charge on any atom is 0.305 e. The van der Waals surface area contributed by atoms with Crippen molar-refractivity contribution in [2.75, 3.05) is 13.2 Å². The van der Waals surface area contributed by atoms with Crippen LogP contribution in [0.3, 0.4) is 0 Å². The molecule has 1 aromatic carbocycles. The van der Waals surface area contributed by atoms with Crippen LogP contribution in [0.4, 0.5) is 0 Å². The largest absolute Gasteiger partial charge is 0.493 e. The predicted octanol–water partition coefficient (Wildman–Crippen LogP) is 4.50. The summed E-state index contributed by atoms with van der Waals surface area (Å²) in [5.41, 5.74) is 0. The molecule has 0 saturated heterocycles. The Kier molecular flexibility index (Phi) is 7.68. The molecule has 106 valence electrons. The molecule has 1 rings (SSSR count). The normalized spacial score (nSPS) is 10.3. The highest BCUT2D eigenvalue weighted by molar-refractivity contribution is 6.34. The minimum atomic E-state index is -0.134. The molecule has 1 aromatic rings. The molecule has 0 aromatic heterocycles. The lowest BCUT2D eigenvalue weighted by molar-refractivity contribution is -0.143. The second-order valence-electron chi connectivity index (χ2n) is 4.07. The van der Waals surface area contributed by atoms with E-state index in [0.717, 1.165) is 19.3 Å². The smallest absolute Gasteiger partial charge is 0.305 e. The minimum absolute atomic E-state index is 0.134. The van der Waals surface area contributed by atoms with Crippen LogP contribution in [0.1, 0.15) is 32.6 Å². The van der Waals surface area contributed by atoms with Gasteiger partial charge in [0.1, 0.15) is 5.75 Å². The summed E-state index contributed by atoms with van der Waals surface area (Å²) < 4.78 is 10.4. The standard InChI is InChI=1S/C14H18Cl2O3/c1-2-18-14(17)6-4-3-5-7-19-13-9-11(15)8-12(16)10-13/h8-10H,2-7H2,1H3.